The molecule has 0 spiro atoms. The number of rotatable bonds is 5. The highest BCUT2D eigenvalue weighted by Gasteiger charge is 2.22. The number of ether oxygens (including phenoxy) is 1. The second-order valence-electron chi connectivity index (χ2n) is 6.37. The zero-order valence-corrected chi connectivity index (χ0v) is 16.2. The predicted molar refractivity (Wildman–Crippen MR) is 106 cm³/mol. The lowest BCUT2D eigenvalue weighted by atomic mass is 10.2. The highest BCUT2D eigenvalue weighted by Crippen LogP contribution is 2.20. The fourth-order valence-corrected chi connectivity index (χ4v) is 3.21. The Morgan fingerprint density at radius 2 is 1.79 bits per heavy atom. The number of benzene rings is 2. The van der Waals surface area contributed by atoms with E-state index in [1.165, 1.54) is 19.2 Å². The van der Waals surface area contributed by atoms with Crippen LogP contribution in [0.25, 0.3) is 0 Å². The first-order valence-corrected chi connectivity index (χ1v) is 9.26. The molecule has 0 atom stereocenters. The lowest BCUT2D eigenvalue weighted by molar-refractivity contribution is -0.130. The second-order valence-corrected chi connectivity index (χ2v) is 6.81. The van der Waals surface area contributed by atoms with Gasteiger partial charge in [0.25, 0.3) is 5.91 Å². The maximum atomic E-state index is 13.4. The van der Waals surface area contributed by atoms with Gasteiger partial charge in [-0.1, -0.05) is 11.6 Å². The minimum Gasteiger partial charge on any atom is -0.496 e. The van der Waals surface area contributed by atoms with Crippen LogP contribution in [0.1, 0.15) is 10.4 Å². The van der Waals surface area contributed by atoms with Crippen molar-refractivity contribution in [3.63, 3.8) is 0 Å². The van der Waals surface area contributed by atoms with E-state index in [-0.39, 0.29) is 23.8 Å². The SMILES string of the molecule is COc1ccc(F)cc1C(=O)NCC(=O)N1CCN(c2ccc(Cl)cc2)CC1. The molecule has 6 nitrogen and oxygen atoms in total. The first-order chi connectivity index (χ1) is 13.5. The van der Waals surface area contributed by atoms with Gasteiger partial charge in [-0.25, -0.2) is 4.39 Å². The Morgan fingerprint density at radius 3 is 2.43 bits per heavy atom. The third-order valence-electron chi connectivity index (χ3n) is 4.63. The molecule has 1 N–H and O–H groups in total. The number of nitrogens with zero attached hydrogens (tertiary/aromatic N) is 2. The first kappa shape index (κ1) is 19.9. The van der Waals surface area contributed by atoms with Crippen molar-refractivity contribution in [2.24, 2.45) is 0 Å². The third kappa shape index (κ3) is 4.72. The van der Waals surface area contributed by atoms with Gasteiger partial charge in [-0.15, -0.1) is 0 Å². The van der Waals surface area contributed by atoms with Crippen LogP contribution >= 0.6 is 11.6 Å². The smallest absolute Gasteiger partial charge is 0.255 e. The largest absolute Gasteiger partial charge is 0.496 e. The summed E-state index contributed by atoms with van der Waals surface area (Å²) in [4.78, 5) is 28.6. The molecule has 1 fully saturated rings. The van der Waals surface area contributed by atoms with Crippen molar-refractivity contribution in [3.05, 3.63) is 58.9 Å². The summed E-state index contributed by atoms with van der Waals surface area (Å²) in [6.07, 6.45) is 0. The summed E-state index contributed by atoms with van der Waals surface area (Å²) in [5.74, 6) is -1.03. The Labute approximate surface area is 167 Å². The van der Waals surface area contributed by atoms with Crippen LogP contribution in [-0.2, 0) is 4.79 Å². The molecule has 0 unspecified atom stereocenters. The van der Waals surface area contributed by atoms with Gasteiger partial charge in [-0.3, -0.25) is 9.59 Å². The standard InChI is InChI=1S/C20H21ClFN3O3/c1-28-18-7-4-15(22)12-17(18)20(27)23-13-19(26)25-10-8-24(9-11-25)16-5-2-14(21)3-6-16/h2-7,12H,8-11,13H2,1H3,(H,23,27). The summed E-state index contributed by atoms with van der Waals surface area (Å²) >= 11 is 5.91. The van der Waals surface area contributed by atoms with Gasteiger partial charge in [0.05, 0.1) is 19.2 Å². The highest BCUT2D eigenvalue weighted by molar-refractivity contribution is 6.30. The molecule has 2 aromatic rings. The van der Waals surface area contributed by atoms with Crippen molar-refractivity contribution in [3.8, 4) is 5.75 Å². The van der Waals surface area contributed by atoms with Gasteiger partial charge < -0.3 is 19.9 Å². The average Bonchev–Trinajstić information content (AvgIpc) is 2.72. The van der Waals surface area contributed by atoms with Gasteiger partial charge >= 0.3 is 0 Å². The number of piperazine rings is 1. The van der Waals surface area contributed by atoms with Crippen molar-refractivity contribution >= 4 is 29.1 Å². The maximum absolute atomic E-state index is 13.4. The molecule has 1 heterocycles. The van der Waals surface area contributed by atoms with Crippen molar-refractivity contribution < 1.29 is 18.7 Å². The summed E-state index contributed by atoms with van der Waals surface area (Å²) in [5, 5.41) is 3.23. The molecule has 3 rings (SSSR count). The zero-order chi connectivity index (χ0) is 20.1. The van der Waals surface area contributed by atoms with Crippen molar-refractivity contribution in [1.29, 1.82) is 0 Å². The van der Waals surface area contributed by atoms with Crippen molar-refractivity contribution in [1.82, 2.24) is 10.2 Å². The van der Waals surface area contributed by atoms with Gasteiger partial charge in [0.2, 0.25) is 5.91 Å². The summed E-state index contributed by atoms with van der Waals surface area (Å²) in [6.45, 7) is 2.35. The van der Waals surface area contributed by atoms with Crippen LogP contribution in [-0.4, -0.2) is 56.5 Å². The third-order valence-corrected chi connectivity index (χ3v) is 4.88. The molecule has 0 saturated carbocycles. The molecule has 1 aliphatic heterocycles. The Bertz CT molecular complexity index is 852. The number of carbonyl (C=O) groups excluding carboxylic acids is 2. The quantitative estimate of drug-likeness (QED) is 0.830. The molecule has 28 heavy (non-hydrogen) atoms. The van der Waals surface area contributed by atoms with E-state index in [0.717, 1.165) is 11.8 Å². The zero-order valence-electron chi connectivity index (χ0n) is 15.5. The number of hydrogen-bond acceptors (Lipinski definition) is 4. The average molecular weight is 406 g/mol. The molecule has 0 aromatic heterocycles. The molecule has 0 aliphatic carbocycles. The number of hydrogen-bond donors (Lipinski definition) is 1. The van der Waals surface area contributed by atoms with E-state index >= 15 is 0 Å². The van der Waals surface area contributed by atoms with Gasteiger partial charge in [0, 0.05) is 36.9 Å². The van der Waals surface area contributed by atoms with Gasteiger partial charge in [-0.05, 0) is 42.5 Å². The molecule has 0 radical (unpaired) electrons. The van der Waals surface area contributed by atoms with Crippen LogP contribution in [0, 0.1) is 5.82 Å². The first-order valence-electron chi connectivity index (χ1n) is 8.88. The Kier molecular flexibility index (Phi) is 6.36. The minimum atomic E-state index is -0.551. The normalized spacial score (nSPS) is 14.0. The van der Waals surface area contributed by atoms with E-state index in [0.29, 0.717) is 31.2 Å². The molecular formula is C20H21ClFN3O3. The summed E-state index contributed by atoms with van der Waals surface area (Å²) in [7, 11) is 1.40. The van der Waals surface area contributed by atoms with E-state index in [1.54, 1.807) is 4.90 Å². The number of nitrogens with one attached hydrogen (secondary N) is 1. The molecule has 2 amide bonds. The maximum Gasteiger partial charge on any atom is 0.255 e. The Morgan fingerprint density at radius 1 is 1.11 bits per heavy atom. The molecule has 1 saturated heterocycles. The molecule has 2 aromatic carbocycles. The van der Waals surface area contributed by atoms with Crippen LogP contribution in [0.4, 0.5) is 10.1 Å². The number of methoxy groups -OCH3 is 1. The molecule has 0 bridgehead atoms. The van der Waals surface area contributed by atoms with Crippen LogP contribution in [0.15, 0.2) is 42.5 Å². The van der Waals surface area contributed by atoms with Gasteiger partial charge in [0.15, 0.2) is 0 Å². The predicted octanol–water partition coefficient (Wildman–Crippen LogP) is 2.57. The minimum absolute atomic E-state index is 0.0582. The van der Waals surface area contributed by atoms with Gasteiger partial charge in [-0.2, -0.15) is 0 Å². The molecule has 1 aliphatic rings. The fraction of sp³-hybridized carbons (Fsp3) is 0.300. The van der Waals surface area contributed by atoms with Gasteiger partial charge in [0.1, 0.15) is 11.6 Å². The summed E-state index contributed by atoms with van der Waals surface area (Å²) in [6, 6.07) is 11.3. The number of anilines is 1. The van der Waals surface area contributed by atoms with E-state index in [1.807, 2.05) is 24.3 Å². The summed E-state index contributed by atoms with van der Waals surface area (Å²) in [5.41, 5.74) is 1.12. The topological polar surface area (TPSA) is 61.9 Å². The van der Waals surface area contributed by atoms with E-state index in [2.05, 4.69) is 10.2 Å². The van der Waals surface area contributed by atoms with Crippen LogP contribution in [0.5, 0.6) is 5.75 Å². The highest BCUT2D eigenvalue weighted by atomic mass is 35.5. The number of carbonyl (C=O) groups is 2. The van der Waals surface area contributed by atoms with E-state index in [4.69, 9.17) is 16.3 Å². The lowest BCUT2D eigenvalue weighted by Crippen LogP contribution is -2.51. The van der Waals surface area contributed by atoms with Crippen molar-refractivity contribution in [2.45, 2.75) is 0 Å². The van der Waals surface area contributed by atoms with Crippen LogP contribution in [0.3, 0.4) is 0 Å². The summed E-state index contributed by atoms with van der Waals surface area (Å²) < 4.78 is 18.5. The fourth-order valence-electron chi connectivity index (χ4n) is 3.09. The van der Waals surface area contributed by atoms with E-state index in [9.17, 15) is 14.0 Å². The number of amides is 2. The Hall–Kier alpha value is -2.80. The number of halogens is 2. The molecular weight excluding hydrogens is 385 g/mol. The van der Waals surface area contributed by atoms with E-state index < -0.39 is 11.7 Å². The van der Waals surface area contributed by atoms with Crippen molar-refractivity contribution in [2.75, 3.05) is 44.7 Å². The van der Waals surface area contributed by atoms with Crippen LogP contribution < -0.4 is 15.0 Å². The monoisotopic (exact) mass is 405 g/mol. The Balaban J connectivity index is 1.51. The lowest BCUT2D eigenvalue weighted by Gasteiger charge is -2.36. The molecule has 8 heteroatoms. The second kappa shape index (κ2) is 8.93. The molecule has 148 valence electrons. The van der Waals surface area contributed by atoms with Crippen LogP contribution in [0.2, 0.25) is 5.02 Å².